The molecule has 1 atom stereocenters. The lowest BCUT2D eigenvalue weighted by molar-refractivity contribution is 0.0697. The molecule has 0 spiro atoms. The molecule has 3 N–H and O–H groups in total. The summed E-state index contributed by atoms with van der Waals surface area (Å²) in [4.78, 5) is 23.2. The van der Waals surface area contributed by atoms with Crippen molar-refractivity contribution in [3.8, 4) is 6.07 Å². The Morgan fingerprint density at radius 1 is 1.26 bits per heavy atom. The number of carbonyl (C=O) groups is 1. The SMILES string of the molecule is CC(C)c1[nH][nH]c(=O)c1C(CCC#N)c1ccc(C(=O)O)cc1. The smallest absolute Gasteiger partial charge is 0.335 e. The first-order valence-corrected chi connectivity index (χ1v) is 7.46. The predicted molar refractivity (Wildman–Crippen MR) is 85.6 cm³/mol. The van der Waals surface area contributed by atoms with Crippen molar-refractivity contribution in [1.29, 1.82) is 5.26 Å². The van der Waals surface area contributed by atoms with Crippen molar-refractivity contribution in [3.05, 3.63) is 57.0 Å². The van der Waals surface area contributed by atoms with Crippen molar-refractivity contribution < 1.29 is 9.90 Å². The molecule has 0 radical (unpaired) electrons. The van der Waals surface area contributed by atoms with Crippen LogP contribution in [0.1, 0.15) is 65.7 Å². The summed E-state index contributed by atoms with van der Waals surface area (Å²) in [5, 5.41) is 23.4. The number of carboxylic acid groups (broad SMARTS) is 1. The lowest BCUT2D eigenvalue weighted by Crippen LogP contribution is -2.14. The minimum atomic E-state index is -0.993. The number of nitrogens with zero attached hydrogens (tertiary/aromatic N) is 1. The Bertz CT molecular complexity index is 779. The number of rotatable bonds is 6. The van der Waals surface area contributed by atoms with Gasteiger partial charge in [0, 0.05) is 23.6 Å². The van der Waals surface area contributed by atoms with Crippen LogP contribution in [-0.4, -0.2) is 21.3 Å². The second kappa shape index (κ2) is 6.97. The normalized spacial score (nSPS) is 12.1. The van der Waals surface area contributed by atoms with Crippen LogP contribution in [0.25, 0.3) is 0 Å². The van der Waals surface area contributed by atoms with E-state index in [4.69, 9.17) is 10.4 Å². The van der Waals surface area contributed by atoms with Crippen molar-refractivity contribution in [2.24, 2.45) is 0 Å². The zero-order chi connectivity index (χ0) is 17.0. The number of aromatic carboxylic acids is 1. The molecule has 1 aromatic carbocycles. The van der Waals surface area contributed by atoms with Crippen LogP contribution in [0, 0.1) is 11.3 Å². The maximum atomic E-state index is 12.2. The molecule has 1 heterocycles. The molecule has 0 bridgehead atoms. The highest BCUT2D eigenvalue weighted by molar-refractivity contribution is 5.87. The van der Waals surface area contributed by atoms with Gasteiger partial charge in [0.2, 0.25) is 0 Å². The Morgan fingerprint density at radius 3 is 2.43 bits per heavy atom. The van der Waals surface area contributed by atoms with Crippen molar-refractivity contribution >= 4 is 5.97 Å². The van der Waals surface area contributed by atoms with Crippen LogP contribution < -0.4 is 5.56 Å². The average molecular weight is 313 g/mol. The van der Waals surface area contributed by atoms with E-state index in [-0.39, 0.29) is 23.0 Å². The first-order chi connectivity index (χ1) is 11.0. The summed E-state index contributed by atoms with van der Waals surface area (Å²) < 4.78 is 0. The van der Waals surface area contributed by atoms with E-state index in [1.807, 2.05) is 13.8 Å². The van der Waals surface area contributed by atoms with Gasteiger partial charge >= 0.3 is 5.97 Å². The van der Waals surface area contributed by atoms with Crippen LogP contribution in [0.5, 0.6) is 0 Å². The topological polar surface area (TPSA) is 110 Å². The number of carboxylic acids is 1. The summed E-state index contributed by atoms with van der Waals surface area (Å²) in [6.07, 6.45) is 0.817. The Labute approximate surface area is 133 Å². The fraction of sp³-hybridized carbons (Fsp3) is 0.353. The van der Waals surface area contributed by atoms with E-state index in [1.165, 1.54) is 12.1 Å². The van der Waals surface area contributed by atoms with Crippen LogP contribution in [0.3, 0.4) is 0 Å². The lowest BCUT2D eigenvalue weighted by Gasteiger charge is -2.17. The second-order valence-corrected chi connectivity index (χ2v) is 5.74. The number of nitrogens with one attached hydrogen (secondary N) is 2. The van der Waals surface area contributed by atoms with E-state index in [0.29, 0.717) is 18.4 Å². The molecule has 2 aromatic rings. The maximum Gasteiger partial charge on any atom is 0.335 e. The number of aromatic amines is 2. The molecule has 0 amide bonds. The molecule has 1 aromatic heterocycles. The van der Waals surface area contributed by atoms with E-state index in [0.717, 1.165) is 11.3 Å². The quantitative estimate of drug-likeness (QED) is 0.761. The molecule has 23 heavy (non-hydrogen) atoms. The first kappa shape index (κ1) is 16.6. The minimum absolute atomic E-state index is 0.131. The zero-order valence-corrected chi connectivity index (χ0v) is 13.1. The van der Waals surface area contributed by atoms with Gasteiger partial charge in [-0.1, -0.05) is 26.0 Å². The monoisotopic (exact) mass is 313 g/mol. The van der Waals surface area contributed by atoms with Crippen molar-refractivity contribution in [2.45, 2.75) is 38.5 Å². The molecule has 1 unspecified atom stereocenters. The lowest BCUT2D eigenvalue weighted by atomic mass is 9.85. The van der Waals surface area contributed by atoms with Gasteiger partial charge in [0.05, 0.1) is 11.6 Å². The van der Waals surface area contributed by atoms with Crippen LogP contribution in [0.2, 0.25) is 0 Å². The molecular formula is C17H19N3O3. The van der Waals surface area contributed by atoms with Gasteiger partial charge in [0.15, 0.2) is 0 Å². The summed E-state index contributed by atoms with van der Waals surface area (Å²) in [5.41, 5.74) is 2.27. The summed E-state index contributed by atoms with van der Waals surface area (Å²) in [7, 11) is 0. The van der Waals surface area contributed by atoms with Crippen LogP contribution in [-0.2, 0) is 0 Å². The number of nitriles is 1. The molecular weight excluding hydrogens is 294 g/mol. The molecule has 0 aliphatic rings. The van der Waals surface area contributed by atoms with Crippen molar-refractivity contribution in [3.63, 3.8) is 0 Å². The van der Waals surface area contributed by atoms with Gasteiger partial charge in [-0.05, 0) is 30.0 Å². The highest BCUT2D eigenvalue weighted by atomic mass is 16.4. The van der Waals surface area contributed by atoms with E-state index >= 15 is 0 Å². The Morgan fingerprint density at radius 2 is 1.91 bits per heavy atom. The van der Waals surface area contributed by atoms with Gasteiger partial charge < -0.3 is 10.2 Å². The van der Waals surface area contributed by atoms with Crippen LogP contribution in [0.15, 0.2) is 29.1 Å². The minimum Gasteiger partial charge on any atom is -0.478 e. The number of benzene rings is 1. The molecule has 6 nitrogen and oxygen atoms in total. The van der Waals surface area contributed by atoms with Gasteiger partial charge in [0.1, 0.15) is 0 Å². The maximum absolute atomic E-state index is 12.2. The highest BCUT2D eigenvalue weighted by Crippen LogP contribution is 2.31. The van der Waals surface area contributed by atoms with Gasteiger partial charge in [-0.25, -0.2) is 4.79 Å². The van der Waals surface area contributed by atoms with Crippen molar-refractivity contribution in [1.82, 2.24) is 10.2 Å². The van der Waals surface area contributed by atoms with Gasteiger partial charge in [-0.3, -0.25) is 9.89 Å². The molecule has 6 heteroatoms. The molecule has 0 saturated carbocycles. The first-order valence-electron chi connectivity index (χ1n) is 7.46. The third-order valence-corrected chi connectivity index (χ3v) is 3.88. The molecule has 0 saturated heterocycles. The summed E-state index contributed by atoms with van der Waals surface area (Å²) >= 11 is 0. The summed E-state index contributed by atoms with van der Waals surface area (Å²) in [6.45, 7) is 3.97. The fourth-order valence-electron chi connectivity index (χ4n) is 2.73. The van der Waals surface area contributed by atoms with Crippen LogP contribution >= 0.6 is 0 Å². The third-order valence-electron chi connectivity index (χ3n) is 3.88. The molecule has 0 aliphatic heterocycles. The Balaban J connectivity index is 2.50. The zero-order valence-electron chi connectivity index (χ0n) is 13.1. The van der Waals surface area contributed by atoms with Crippen LogP contribution in [0.4, 0.5) is 0 Å². The number of hydrogen-bond acceptors (Lipinski definition) is 3. The summed E-state index contributed by atoms with van der Waals surface area (Å²) in [5.74, 6) is -1.11. The van der Waals surface area contributed by atoms with E-state index in [1.54, 1.807) is 12.1 Å². The number of hydrogen-bond donors (Lipinski definition) is 3. The Hall–Kier alpha value is -2.81. The van der Waals surface area contributed by atoms with Gasteiger partial charge in [-0.2, -0.15) is 5.26 Å². The van der Waals surface area contributed by atoms with E-state index in [9.17, 15) is 9.59 Å². The van der Waals surface area contributed by atoms with Crippen molar-refractivity contribution in [2.75, 3.05) is 0 Å². The fourth-order valence-corrected chi connectivity index (χ4v) is 2.73. The second-order valence-electron chi connectivity index (χ2n) is 5.74. The predicted octanol–water partition coefficient (Wildman–Crippen LogP) is 2.96. The third kappa shape index (κ3) is 3.51. The largest absolute Gasteiger partial charge is 0.478 e. The standard InChI is InChI=1S/C17H19N3O3/c1-10(2)15-14(16(21)20-19-15)13(4-3-9-18)11-5-7-12(8-6-11)17(22)23/h5-8,10,13H,3-4H2,1-2H3,(H,22,23)(H2,19,20,21). The Kier molecular flexibility index (Phi) is 5.02. The molecule has 0 aliphatic carbocycles. The molecule has 2 rings (SSSR count). The molecule has 120 valence electrons. The summed E-state index contributed by atoms with van der Waals surface area (Å²) in [6, 6.07) is 8.57. The average Bonchev–Trinajstić information content (AvgIpc) is 2.90. The van der Waals surface area contributed by atoms with Gasteiger partial charge in [0.25, 0.3) is 5.56 Å². The molecule has 0 fully saturated rings. The number of aromatic nitrogens is 2. The van der Waals surface area contributed by atoms with Gasteiger partial charge in [-0.15, -0.1) is 0 Å². The highest BCUT2D eigenvalue weighted by Gasteiger charge is 2.24. The van der Waals surface area contributed by atoms with E-state index in [2.05, 4.69) is 16.3 Å². The van der Waals surface area contributed by atoms with E-state index < -0.39 is 5.97 Å². The number of H-pyrrole nitrogens is 2.